The molecule has 0 amide bonds. The topological polar surface area (TPSA) is 246 Å². The number of pyridine rings is 5. The number of benzene rings is 18. The first-order chi connectivity index (χ1) is 70.8. The van der Waals surface area contributed by atoms with Crippen molar-refractivity contribution in [1.82, 2.24) is 80.8 Å². The first kappa shape index (κ1) is 83.7. The lowest BCUT2D eigenvalue weighted by Gasteiger charge is -2.14. The van der Waals surface area contributed by atoms with E-state index in [-0.39, 0.29) is 0 Å². The monoisotopic (exact) mass is 1830 g/mol. The molecule has 0 saturated carbocycles. The third-order valence-electron chi connectivity index (χ3n) is 26.3. The molecule has 0 radical (unpaired) electrons. The fraction of sp³-hybridized carbons (Fsp3) is 0. The lowest BCUT2D eigenvalue weighted by molar-refractivity contribution is 0.316. The van der Waals surface area contributed by atoms with Gasteiger partial charge >= 0.3 is 0 Å². The highest BCUT2D eigenvalue weighted by Crippen LogP contribution is 2.46. The molecule has 10 aromatic heterocycles. The van der Waals surface area contributed by atoms with E-state index in [4.69, 9.17) is 63.7 Å². The van der Waals surface area contributed by atoms with Crippen LogP contribution in [0.1, 0.15) is 0 Å². The van der Waals surface area contributed by atoms with Crippen molar-refractivity contribution in [1.29, 1.82) is 0 Å². The van der Waals surface area contributed by atoms with Gasteiger partial charge in [0.2, 0.25) is 0 Å². The van der Waals surface area contributed by atoms with E-state index in [2.05, 4.69) is 268 Å². The second kappa shape index (κ2) is 36.0. The van der Waals surface area contributed by atoms with Crippen molar-refractivity contribution in [3.05, 3.63) is 449 Å². The van der Waals surface area contributed by atoms with Crippen LogP contribution in [0.3, 0.4) is 0 Å². The molecule has 0 atom stereocenters. The summed E-state index contributed by atoms with van der Waals surface area (Å²) in [6, 6.07) is 152. The van der Waals surface area contributed by atoms with Crippen LogP contribution in [-0.4, -0.2) is 80.8 Å². The molecule has 0 fully saturated rings. The summed E-state index contributed by atoms with van der Waals surface area (Å²) < 4.78 is 15.8. The Morgan fingerprint density at radius 2 is 0.427 bits per heavy atom. The number of aromatic nitrogens is 16. The van der Waals surface area contributed by atoms with Crippen LogP contribution in [-0.2, 0) is 0 Å². The first-order valence-corrected chi connectivity index (χ1v) is 46.9. The van der Waals surface area contributed by atoms with Crippen molar-refractivity contribution in [2.75, 3.05) is 0 Å². The van der Waals surface area contributed by atoms with Crippen molar-refractivity contribution < 1.29 is 13.9 Å². The Kier molecular flexibility index (Phi) is 21.0. The molecule has 0 saturated heterocycles. The molecule has 0 bridgehead atoms. The van der Waals surface area contributed by atoms with Crippen LogP contribution in [0, 0.1) is 0 Å². The maximum Gasteiger partial charge on any atom is 0.164 e. The lowest BCUT2D eigenvalue weighted by Crippen LogP contribution is -2.00. The van der Waals surface area contributed by atoms with Gasteiger partial charge in [0.15, 0.2) is 23.3 Å². The molecule has 0 unspecified atom stereocenters. The summed E-state index contributed by atoms with van der Waals surface area (Å²) in [5.74, 6) is 2.59. The van der Waals surface area contributed by atoms with Crippen LogP contribution in [0.4, 0.5) is 0 Å². The summed E-state index contributed by atoms with van der Waals surface area (Å²) in [6.45, 7) is 0. The molecule has 19 heteroatoms. The highest BCUT2D eigenvalue weighted by Gasteiger charge is 2.25. The molecule has 28 rings (SSSR count). The minimum atomic E-state index is 0.618. The average molecular weight is 1840 g/mol. The molecule has 18 aromatic carbocycles. The van der Waals surface area contributed by atoms with Gasteiger partial charge in [0.05, 0.1) is 67.4 Å². The van der Waals surface area contributed by atoms with Crippen LogP contribution in [0.2, 0.25) is 0 Å². The highest BCUT2D eigenvalue weighted by molar-refractivity contribution is 6.25. The van der Waals surface area contributed by atoms with E-state index < -0.39 is 0 Å². The Morgan fingerprint density at radius 3 is 0.853 bits per heavy atom. The predicted molar refractivity (Wildman–Crippen MR) is 570 cm³/mol. The Labute approximate surface area is 815 Å². The van der Waals surface area contributed by atoms with Gasteiger partial charge in [-0.25, -0.2) is 63.7 Å². The smallest absolute Gasteiger partial charge is 0.164 e. The van der Waals surface area contributed by atoms with Gasteiger partial charge < -0.3 is 0 Å². The normalized spacial score (nSPS) is 11.5. The first-order valence-electron chi connectivity index (χ1n) is 46.9. The summed E-state index contributed by atoms with van der Waals surface area (Å²) in [4.78, 5) is 50.3. The molecular weight excluding hydrogens is 1760 g/mol. The van der Waals surface area contributed by atoms with Crippen molar-refractivity contribution in [2.24, 2.45) is 0 Å². The number of hydrogen-bond donors (Lipinski definition) is 0. The van der Waals surface area contributed by atoms with Gasteiger partial charge in [-0.05, 0) is 144 Å². The molecule has 28 aromatic rings. The summed E-state index contributed by atoms with van der Waals surface area (Å²) in [5, 5.41) is 36.7. The molecule has 19 nitrogen and oxygen atoms in total. The summed E-state index contributed by atoms with van der Waals surface area (Å²) in [7, 11) is 0. The van der Waals surface area contributed by atoms with Gasteiger partial charge in [-0.2, -0.15) is 0 Å². The number of nitrogens with zero attached hydrogens (tertiary/aromatic N) is 16. The second-order valence-electron chi connectivity index (χ2n) is 34.9. The molecule has 0 N–H and O–H groups in total. The zero-order valence-electron chi connectivity index (χ0n) is 76.1. The quantitative estimate of drug-likeness (QED) is 0.0918. The van der Waals surface area contributed by atoms with Crippen molar-refractivity contribution in [2.45, 2.75) is 0 Å². The SMILES string of the molecule is c1ccc(-c2cc(-c3ccc(-c4ccc5nc(-c6ccccc6)c6ccc7nonc7c6c5c4)cc3)nc(-c3ccccc3)n2)cc1.c1ccc(-c2ccc3ccc4ccc(-c5ccc6nc(-c7ccccc7)c7cc(-c8ccccc8)c8nonc8c7c6c5)nc4c3n2)cc1.c1ccc(-c2nc(-c3ccccc3)nc(-c3ccc(-c4ccc5nc(-c6ccccc6)c6ccc7nonc7c6c5c4)cc3)n2)cc1. The number of fused-ring (bicyclic) bond motifs is 18. The van der Waals surface area contributed by atoms with Crippen LogP contribution in [0.15, 0.2) is 463 Å². The van der Waals surface area contributed by atoms with Crippen molar-refractivity contribution >= 4 is 120 Å². The van der Waals surface area contributed by atoms with Crippen LogP contribution < -0.4 is 0 Å². The average Bonchev–Trinajstić information content (AvgIpc) is 1.72. The highest BCUT2D eigenvalue weighted by atomic mass is 16.6. The minimum Gasteiger partial charge on any atom is -0.247 e. The van der Waals surface area contributed by atoms with Crippen molar-refractivity contribution in [3.63, 3.8) is 0 Å². The number of hydrogen-bond acceptors (Lipinski definition) is 19. The molecular formula is C124H74N16O3. The molecule has 0 spiro atoms. The standard InChI is InChI=1S/C43H25N5O.C41H25N5O.C40H24N6O/c1-4-10-26(11-5-1)32-25-34-38(43-42(32)47-49-48-43)33-24-31(20-23-37(33)46-39(34)28-14-8-3-9-15-28)36-22-19-30-17-16-29-18-21-35(27-12-6-2-7-13-27)44-40(29)41(30)45-36;1-4-10-27(11-5-1)36-25-37(44-41(43-36)30-14-8-3-9-15-30)28-18-16-26(17-19-28)31-20-22-34-33(24-31)38-32(21-23-35-40(38)46-47-45-35)39(42-34)29-12-6-2-7-13-29;1-4-10-26(11-5-1)36-31-21-23-34-37(46-47-45-34)35(31)32-24-30(20-22-33(32)41-36)25-16-18-29(19-17-25)40-43-38(27-12-6-2-7-13-27)42-39(44-40)28-14-8-3-9-15-28/h1-25H;1-25H;1-24H. The predicted octanol–water partition coefficient (Wildman–Crippen LogP) is 30.2. The van der Waals surface area contributed by atoms with E-state index in [0.29, 0.717) is 45.4 Å². The van der Waals surface area contributed by atoms with Gasteiger partial charge in [-0.1, -0.05) is 364 Å². The molecule has 0 aliphatic heterocycles. The van der Waals surface area contributed by atoms with Crippen LogP contribution in [0.25, 0.3) is 278 Å². The van der Waals surface area contributed by atoms with Crippen molar-refractivity contribution in [3.8, 4) is 158 Å². The van der Waals surface area contributed by atoms with Gasteiger partial charge in [0, 0.05) is 126 Å². The van der Waals surface area contributed by atoms with Crippen LogP contribution in [0.5, 0.6) is 0 Å². The van der Waals surface area contributed by atoms with E-state index in [0.717, 1.165) is 232 Å². The number of rotatable bonds is 14. The van der Waals surface area contributed by atoms with Gasteiger partial charge in [-0.3, -0.25) is 0 Å². The minimum absolute atomic E-state index is 0.618. The van der Waals surface area contributed by atoms with E-state index in [9.17, 15) is 0 Å². The van der Waals surface area contributed by atoms with Crippen LogP contribution >= 0.6 is 0 Å². The molecule has 668 valence electrons. The molecule has 143 heavy (non-hydrogen) atoms. The maximum atomic E-state index is 5.44. The van der Waals surface area contributed by atoms with Gasteiger partial charge in [0.1, 0.15) is 33.1 Å². The fourth-order valence-electron chi connectivity index (χ4n) is 19.2. The Morgan fingerprint density at radius 1 is 0.140 bits per heavy atom. The molecule has 0 aliphatic carbocycles. The van der Waals surface area contributed by atoms with Gasteiger partial charge in [0.25, 0.3) is 0 Å². The Balaban J connectivity index is 0.000000110. The fourth-order valence-corrected chi connectivity index (χ4v) is 19.2. The molecule has 0 aliphatic rings. The third kappa shape index (κ3) is 15.8. The third-order valence-corrected chi connectivity index (χ3v) is 26.3. The Hall–Kier alpha value is -19.9. The lowest BCUT2D eigenvalue weighted by atomic mass is 9.93. The molecule has 10 heterocycles. The summed E-state index contributed by atoms with van der Waals surface area (Å²) in [5.41, 5.74) is 32.1. The summed E-state index contributed by atoms with van der Waals surface area (Å²) in [6.07, 6.45) is 0. The zero-order valence-corrected chi connectivity index (χ0v) is 76.1. The van der Waals surface area contributed by atoms with E-state index in [1.165, 1.54) is 0 Å². The zero-order chi connectivity index (χ0) is 94.6. The summed E-state index contributed by atoms with van der Waals surface area (Å²) >= 11 is 0. The van der Waals surface area contributed by atoms with E-state index in [1.54, 1.807) is 0 Å². The maximum absolute atomic E-state index is 5.44. The van der Waals surface area contributed by atoms with E-state index >= 15 is 0 Å². The largest absolute Gasteiger partial charge is 0.247 e. The van der Waals surface area contributed by atoms with E-state index in [1.807, 2.05) is 212 Å². The van der Waals surface area contributed by atoms with Gasteiger partial charge in [-0.15, -0.1) is 0 Å². The Bertz CT molecular complexity index is 9270. The second-order valence-corrected chi connectivity index (χ2v) is 34.9.